The highest BCUT2D eigenvalue weighted by molar-refractivity contribution is 6.08. The zero-order chi connectivity index (χ0) is 16.1. The van der Waals surface area contributed by atoms with Gasteiger partial charge in [0.25, 0.3) is 5.91 Å². The van der Waals surface area contributed by atoms with E-state index in [2.05, 4.69) is 22.8 Å². The number of nitrogens with one attached hydrogen (secondary N) is 2. The number of carbonyl (C=O) groups excluding carboxylic acids is 2. The number of nitrogens with zero attached hydrogens (tertiary/aromatic N) is 1. The van der Waals surface area contributed by atoms with E-state index in [0.717, 1.165) is 0 Å². The van der Waals surface area contributed by atoms with E-state index in [4.69, 9.17) is 0 Å². The highest BCUT2D eigenvalue weighted by atomic mass is 16.2. The fraction of sp³-hybridized carbons (Fsp3) is 0.556. The number of urea groups is 1. The van der Waals surface area contributed by atoms with Crippen LogP contribution in [0.4, 0.5) is 4.79 Å². The predicted molar refractivity (Wildman–Crippen MR) is 86.7 cm³/mol. The van der Waals surface area contributed by atoms with Gasteiger partial charge in [-0.25, -0.2) is 4.79 Å². The van der Waals surface area contributed by atoms with Crippen molar-refractivity contribution in [1.29, 1.82) is 0 Å². The summed E-state index contributed by atoms with van der Waals surface area (Å²) in [6.45, 7) is 0.714. The molecule has 23 heavy (non-hydrogen) atoms. The Hall–Kier alpha value is -1.88. The Morgan fingerprint density at radius 2 is 1.91 bits per heavy atom. The molecule has 5 heteroatoms. The third kappa shape index (κ3) is 2.02. The van der Waals surface area contributed by atoms with E-state index in [1.54, 1.807) is 0 Å². The normalized spacial score (nSPS) is 33.5. The van der Waals surface area contributed by atoms with Crippen molar-refractivity contribution in [2.75, 3.05) is 13.6 Å². The number of hydrogen-bond donors (Lipinski definition) is 2. The molecule has 0 radical (unpaired) electrons. The molecule has 1 aromatic carbocycles. The van der Waals surface area contributed by atoms with Crippen LogP contribution in [0.5, 0.6) is 0 Å². The number of amides is 3. The molecule has 3 aliphatic rings. The van der Waals surface area contributed by atoms with Gasteiger partial charge in [0, 0.05) is 24.9 Å². The third-order valence-corrected chi connectivity index (χ3v) is 6.06. The minimum Gasteiger partial charge on any atom is -0.310 e. The molecule has 0 unspecified atom stereocenters. The standard InChI is InChI=1S/C18H23N3O2/c1-19-17(14-8-3-2-4-9-14)11-18(12-17)15(22)20-16(23)21(18)10-13-6-5-7-13/h2-4,8-9,13,19H,5-7,10-12H2,1H3,(H,20,22,23)/t17-,18+. The molecule has 0 atom stereocenters. The van der Waals surface area contributed by atoms with Crippen molar-refractivity contribution in [3.8, 4) is 0 Å². The van der Waals surface area contributed by atoms with E-state index < -0.39 is 5.54 Å². The zero-order valence-electron chi connectivity index (χ0n) is 13.5. The average Bonchev–Trinajstić information content (AvgIpc) is 2.72. The number of hydrogen-bond acceptors (Lipinski definition) is 3. The molecule has 1 aliphatic heterocycles. The zero-order valence-corrected chi connectivity index (χ0v) is 13.5. The molecular weight excluding hydrogens is 290 g/mol. The largest absolute Gasteiger partial charge is 0.325 e. The van der Waals surface area contributed by atoms with Gasteiger partial charge in [0.2, 0.25) is 0 Å². The van der Waals surface area contributed by atoms with Crippen molar-refractivity contribution >= 4 is 11.9 Å². The van der Waals surface area contributed by atoms with Gasteiger partial charge < -0.3 is 10.2 Å². The van der Waals surface area contributed by atoms with E-state index >= 15 is 0 Å². The SMILES string of the molecule is CN[C@]1(c2ccccc2)C[C@]2(C1)C(=O)NC(=O)N2CC1CCC1. The molecular formula is C18H23N3O2. The lowest BCUT2D eigenvalue weighted by Crippen LogP contribution is -2.69. The quantitative estimate of drug-likeness (QED) is 0.836. The molecule has 5 nitrogen and oxygen atoms in total. The molecule has 1 heterocycles. The van der Waals surface area contributed by atoms with Crippen LogP contribution in [0.15, 0.2) is 30.3 Å². The maximum Gasteiger partial charge on any atom is 0.325 e. The average molecular weight is 313 g/mol. The Morgan fingerprint density at radius 3 is 2.48 bits per heavy atom. The Kier molecular flexibility index (Phi) is 3.23. The fourth-order valence-electron chi connectivity index (χ4n) is 4.37. The van der Waals surface area contributed by atoms with Gasteiger partial charge in [-0.15, -0.1) is 0 Å². The van der Waals surface area contributed by atoms with Crippen LogP contribution in [0.2, 0.25) is 0 Å². The molecule has 0 aromatic heterocycles. The lowest BCUT2D eigenvalue weighted by molar-refractivity contribution is -0.137. The molecule has 2 saturated carbocycles. The minimum atomic E-state index is -0.661. The highest BCUT2D eigenvalue weighted by Crippen LogP contribution is 2.53. The van der Waals surface area contributed by atoms with Crippen LogP contribution in [0.1, 0.15) is 37.7 Å². The summed E-state index contributed by atoms with van der Waals surface area (Å²) in [5, 5.41) is 5.95. The first-order valence-electron chi connectivity index (χ1n) is 8.47. The van der Waals surface area contributed by atoms with Gasteiger partial charge in [0.05, 0.1) is 0 Å². The van der Waals surface area contributed by atoms with Crippen molar-refractivity contribution in [3.63, 3.8) is 0 Å². The molecule has 1 spiro atoms. The minimum absolute atomic E-state index is 0.122. The van der Waals surface area contributed by atoms with Crippen LogP contribution in [0.3, 0.4) is 0 Å². The van der Waals surface area contributed by atoms with Crippen molar-refractivity contribution in [3.05, 3.63) is 35.9 Å². The molecule has 0 bridgehead atoms. The van der Waals surface area contributed by atoms with Crippen LogP contribution in [0, 0.1) is 5.92 Å². The Morgan fingerprint density at radius 1 is 1.22 bits per heavy atom. The van der Waals surface area contributed by atoms with Crippen LogP contribution >= 0.6 is 0 Å². The second-order valence-corrected chi connectivity index (χ2v) is 7.25. The fourth-order valence-corrected chi connectivity index (χ4v) is 4.37. The van der Waals surface area contributed by atoms with Gasteiger partial charge in [-0.05, 0) is 31.4 Å². The molecule has 3 fully saturated rings. The highest BCUT2D eigenvalue weighted by Gasteiger charge is 2.66. The smallest absolute Gasteiger partial charge is 0.310 e. The van der Waals surface area contributed by atoms with Gasteiger partial charge in [-0.3, -0.25) is 10.1 Å². The lowest BCUT2D eigenvalue weighted by Gasteiger charge is -2.56. The summed E-state index contributed by atoms with van der Waals surface area (Å²) in [5.41, 5.74) is 0.302. The molecule has 1 aromatic rings. The van der Waals surface area contributed by atoms with E-state index in [0.29, 0.717) is 25.3 Å². The Labute approximate surface area is 136 Å². The van der Waals surface area contributed by atoms with Gasteiger partial charge in [-0.2, -0.15) is 0 Å². The molecule has 2 aliphatic carbocycles. The first-order valence-corrected chi connectivity index (χ1v) is 8.47. The van der Waals surface area contributed by atoms with E-state index in [9.17, 15) is 9.59 Å². The first-order chi connectivity index (χ1) is 11.1. The van der Waals surface area contributed by atoms with Gasteiger partial charge >= 0.3 is 6.03 Å². The van der Waals surface area contributed by atoms with Crippen LogP contribution in [0.25, 0.3) is 0 Å². The topological polar surface area (TPSA) is 61.4 Å². The van der Waals surface area contributed by atoms with E-state index in [1.165, 1.54) is 24.8 Å². The van der Waals surface area contributed by atoms with Crippen LogP contribution in [-0.2, 0) is 10.3 Å². The molecule has 3 amide bonds. The maximum atomic E-state index is 12.5. The number of imide groups is 1. The van der Waals surface area contributed by atoms with Crippen molar-refractivity contribution in [2.24, 2.45) is 5.92 Å². The second-order valence-electron chi connectivity index (χ2n) is 7.25. The number of rotatable bonds is 4. The maximum absolute atomic E-state index is 12.5. The third-order valence-electron chi connectivity index (χ3n) is 6.06. The summed E-state index contributed by atoms with van der Waals surface area (Å²) in [6, 6.07) is 10.0. The summed E-state index contributed by atoms with van der Waals surface area (Å²) in [6.07, 6.45) is 4.87. The van der Waals surface area contributed by atoms with Gasteiger partial charge in [0.1, 0.15) is 5.54 Å². The second kappa shape index (κ2) is 5.06. The summed E-state index contributed by atoms with van der Waals surface area (Å²) in [5.74, 6) is 0.438. The summed E-state index contributed by atoms with van der Waals surface area (Å²) in [7, 11) is 1.94. The molecule has 1 saturated heterocycles. The summed E-state index contributed by atoms with van der Waals surface area (Å²) >= 11 is 0. The van der Waals surface area contributed by atoms with Crippen LogP contribution in [-0.4, -0.2) is 36.0 Å². The van der Waals surface area contributed by atoms with E-state index in [-0.39, 0.29) is 17.5 Å². The van der Waals surface area contributed by atoms with Gasteiger partial charge in [-0.1, -0.05) is 36.8 Å². The predicted octanol–water partition coefficient (Wildman–Crippen LogP) is 1.99. The lowest BCUT2D eigenvalue weighted by atomic mass is 9.59. The molecule has 2 N–H and O–H groups in total. The van der Waals surface area contributed by atoms with Crippen molar-refractivity contribution in [1.82, 2.24) is 15.5 Å². The summed E-state index contributed by atoms with van der Waals surface area (Å²) < 4.78 is 0. The van der Waals surface area contributed by atoms with Crippen molar-refractivity contribution < 1.29 is 9.59 Å². The van der Waals surface area contributed by atoms with Crippen LogP contribution < -0.4 is 10.6 Å². The summed E-state index contributed by atoms with van der Waals surface area (Å²) in [4.78, 5) is 26.6. The van der Waals surface area contributed by atoms with Gasteiger partial charge in [0.15, 0.2) is 0 Å². The molecule has 4 rings (SSSR count). The molecule has 122 valence electrons. The Bertz CT molecular complexity index is 633. The first kappa shape index (κ1) is 14.7. The Balaban J connectivity index is 1.60. The van der Waals surface area contributed by atoms with Crippen molar-refractivity contribution in [2.45, 2.75) is 43.2 Å². The number of benzene rings is 1. The monoisotopic (exact) mass is 313 g/mol. The van der Waals surface area contributed by atoms with E-state index in [1.807, 2.05) is 30.1 Å². The number of carbonyl (C=O) groups is 2.